The van der Waals surface area contributed by atoms with Gasteiger partial charge in [-0.2, -0.15) is 11.8 Å². The second-order valence-corrected chi connectivity index (χ2v) is 13.4. The van der Waals surface area contributed by atoms with Gasteiger partial charge in [0, 0.05) is 47.2 Å². The molecule has 0 saturated carbocycles. The van der Waals surface area contributed by atoms with E-state index in [9.17, 15) is 19.2 Å². The van der Waals surface area contributed by atoms with Crippen LogP contribution in [-0.4, -0.2) is 59.8 Å². The summed E-state index contributed by atoms with van der Waals surface area (Å²) in [6.07, 6.45) is 8.18. The second-order valence-electron chi connectivity index (χ2n) is 12.1. The molecule has 2 aromatic carbocycles. The lowest BCUT2D eigenvalue weighted by molar-refractivity contribution is -0.121. The third kappa shape index (κ3) is 10.1. The van der Waals surface area contributed by atoms with Crippen LogP contribution in [0.1, 0.15) is 97.1 Å². The van der Waals surface area contributed by atoms with Crippen LogP contribution < -0.4 is 21.3 Å². The maximum atomic E-state index is 12.8. The fraction of sp³-hybridized carbons (Fsp3) is 0.529. The third-order valence-corrected chi connectivity index (χ3v) is 9.57. The van der Waals surface area contributed by atoms with Gasteiger partial charge in [0.1, 0.15) is 0 Å². The molecule has 3 atom stereocenters. The molecule has 2 aromatic rings. The number of unbranched alkanes of at least 4 members (excludes halogenated alkanes) is 4. The van der Waals surface area contributed by atoms with Crippen molar-refractivity contribution in [3.63, 3.8) is 0 Å². The minimum atomic E-state index is -0.139. The van der Waals surface area contributed by atoms with E-state index in [0.717, 1.165) is 57.1 Å². The smallest absolute Gasteiger partial charge is 0.315 e. The number of carbonyl (C=O) groups is 4. The monoisotopic (exact) mass is 606 g/mol. The molecule has 0 aromatic heterocycles. The van der Waals surface area contributed by atoms with Crippen LogP contribution in [0.4, 0.5) is 4.79 Å². The normalized spacial score (nSPS) is 19.0. The molecule has 2 fully saturated rings. The molecule has 4 N–H and O–H groups in total. The maximum Gasteiger partial charge on any atom is 0.315 e. The minimum Gasteiger partial charge on any atom is -0.356 e. The average molecular weight is 607 g/mol. The zero-order valence-electron chi connectivity index (χ0n) is 25.5. The van der Waals surface area contributed by atoms with E-state index in [2.05, 4.69) is 35.1 Å². The van der Waals surface area contributed by atoms with E-state index < -0.39 is 0 Å². The number of ketones is 1. The van der Waals surface area contributed by atoms with Gasteiger partial charge in [-0.3, -0.25) is 14.4 Å². The van der Waals surface area contributed by atoms with E-state index in [1.165, 1.54) is 5.56 Å². The van der Waals surface area contributed by atoms with Crippen LogP contribution in [0.5, 0.6) is 0 Å². The second kappa shape index (κ2) is 16.5. The SMILES string of the molecule is CC(C)Cc1ccc(C(=O)c2ccc(C(=O)NCCCCCCNC(=O)CCCCC3SC[C@@H]4NC(=O)N[C@H]34)cc2)cc1. The van der Waals surface area contributed by atoms with Crippen LogP contribution in [0.3, 0.4) is 0 Å². The van der Waals surface area contributed by atoms with Gasteiger partial charge in [0.15, 0.2) is 5.78 Å². The Morgan fingerprint density at radius 3 is 2.12 bits per heavy atom. The van der Waals surface area contributed by atoms with Crippen LogP contribution >= 0.6 is 11.8 Å². The Kier molecular flexibility index (Phi) is 12.5. The van der Waals surface area contributed by atoms with Gasteiger partial charge in [-0.25, -0.2) is 4.79 Å². The Balaban J connectivity index is 1.01. The Morgan fingerprint density at radius 2 is 1.44 bits per heavy atom. The number of amides is 4. The van der Waals surface area contributed by atoms with Gasteiger partial charge in [-0.05, 0) is 55.7 Å². The third-order valence-electron chi connectivity index (χ3n) is 8.06. The molecule has 9 heteroatoms. The van der Waals surface area contributed by atoms with Gasteiger partial charge in [0.05, 0.1) is 12.1 Å². The molecule has 2 saturated heterocycles. The lowest BCUT2D eigenvalue weighted by Gasteiger charge is -2.16. The highest BCUT2D eigenvalue weighted by atomic mass is 32.2. The summed E-state index contributed by atoms with van der Waals surface area (Å²) in [6.45, 7) is 5.62. The summed E-state index contributed by atoms with van der Waals surface area (Å²) < 4.78 is 0. The van der Waals surface area contributed by atoms with E-state index >= 15 is 0 Å². The van der Waals surface area contributed by atoms with Crippen LogP contribution in [-0.2, 0) is 11.2 Å². The molecule has 2 aliphatic rings. The lowest BCUT2D eigenvalue weighted by atomic mass is 9.98. The first kappa shape index (κ1) is 32.6. The van der Waals surface area contributed by atoms with Crippen molar-refractivity contribution in [2.75, 3.05) is 18.8 Å². The standard InChI is InChI=1S/C34H46N4O4S/c1-23(2)21-24-11-13-25(14-12-24)32(40)26-15-17-27(18-16-26)33(41)36-20-8-4-3-7-19-35-30(39)10-6-5-9-29-31-28(22-43-29)37-34(42)38-31/h11-18,23,28-29,31H,3-10,19-22H2,1-2H3,(H,35,39)(H,36,41)(H2,37,38,42)/t28-,29?,31-/m0/s1. The number of benzene rings is 2. The molecular weight excluding hydrogens is 560 g/mol. The number of nitrogens with one attached hydrogen (secondary N) is 4. The summed E-state index contributed by atoms with van der Waals surface area (Å²) in [6, 6.07) is 15.0. The zero-order valence-corrected chi connectivity index (χ0v) is 26.3. The first-order chi connectivity index (χ1) is 20.8. The van der Waals surface area contributed by atoms with Gasteiger partial charge in [0.25, 0.3) is 5.91 Å². The molecule has 0 bridgehead atoms. The molecule has 0 spiro atoms. The van der Waals surface area contributed by atoms with Gasteiger partial charge < -0.3 is 21.3 Å². The van der Waals surface area contributed by atoms with E-state index in [4.69, 9.17) is 0 Å². The lowest BCUT2D eigenvalue weighted by Crippen LogP contribution is -2.36. The van der Waals surface area contributed by atoms with Crippen LogP contribution in [0, 0.1) is 5.92 Å². The van der Waals surface area contributed by atoms with E-state index in [1.54, 1.807) is 24.3 Å². The van der Waals surface area contributed by atoms with Gasteiger partial charge >= 0.3 is 6.03 Å². The van der Waals surface area contributed by atoms with Crippen molar-refractivity contribution in [3.05, 3.63) is 70.8 Å². The van der Waals surface area contributed by atoms with Crippen molar-refractivity contribution in [2.45, 2.75) is 89.0 Å². The van der Waals surface area contributed by atoms with Crippen LogP contribution in [0.15, 0.2) is 48.5 Å². The van der Waals surface area contributed by atoms with Crippen molar-refractivity contribution < 1.29 is 19.2 Å². The number of hydrogen-bond donors (Lipinski definition) is 4. The molecule has 2 aliphatic heterocycles. The fourth-order valence-electron chi connectivity index (χ4n) is 5.70. The molecule has 232 valence electrons. The summed E-state index contributed by atoms with van der Waals surface area (Å²) in [5, 5.41) is 12.4. The fourth-order valence-corrected chi connectivity index (χ4v) is 7.24. The Labute approximate surface area is 259 Å². The Morgan fingerprint density at radius 1 is 0.814 bits per heavy atom. The first-order valence-electron chi connectivity index (χ1n) is 15.8. The number of fused-ring (bicyclic) bond motifs is 1. The number of rotatable bonds is 17. The quantitative estimate of drug-likeness (QED) is 0.112. The molecule has 4 amide bonds. The van der Waals surface area contributed by atoms with Crippen LogP contribution in [0.2, 0.25) is 0 Å². The van der Waals surface area contributed by atoms with E-state index in [1.807, 2.05) is 36.0 Å². The van der Waals surface area contributed by atoms with E-state index in [0.29, 0.717) is 47.4 Å². The number of carbonyl (C=O) groups excluding carboxylic acids is 4. The largest absolute Gasteiger partial charge is 0.356 e. The van der Waals surface area contributed by atoms with Crippen molar-refractivity contribution in [3.8, 4) is 0 Å². The summed E-state index contributed by atoms with van der Waals surface area (Å²) in [5.74, 6) is 1.45. The zero-order chi connectivity index (χ0) is 30.6. The molecule has 2 heterocycles. The van der Waals surface area contributed by atoms with Crippen molar-refractivity contribution in [1.82, 2.24) is 21.3 Å². The molecule has 43 heavy (non-hydrogen) atoms. The maximum absolute atomic E-state index is 12.8. The molecule has 4 rings (SSSR count). The van der Waals surface area contributed by atoms with Crippen molar-refractivity contribution >= 4 is 35.4 Å². The Bertz CT molecular complexity index is 1230. The van der Waals surface area contributed by atoms with Crippen molar-refractivity contribution in [2.24, 2.45) is 5.92 Å². The van der Waals surface area contributed by atoms with Crippen LogP contribution in [0.25, 0.3) is 0 Å². The van der Waals surface area contributed by atoms with Gasteiger partial charge in [-0.1, -0.05) is 69.5 Å². The highest BCUT2D eigenvalue weighted by molar-refractivity contribution is 8.00. The number of thioether (sulfide) groups is 1. The molecule has 8 nitrogen and oxygen atoms in total. The summed E-state index contributed by atoms with van der Waals surface area (Å²) in [4.78, 5) is 48.9. The van der Waals surface area contributed by atoms with Gasteiger partial charge in [-0.15, -0.1) is 0 Å². The highest BCUT2D eigenvalue weighted by Crippen LogP contribution is 2.33. The number of urea groups is 1. The molecular formula is C34H46N4O4S. The first-order valence-corrected chi connectivity index (χ1v) is 16.8. The predicted octanol–water partition coefficient (Wildman–Crippen LogP) is 5.25. The summed E-state index contributed by atoms with van der Waals surface area (Å²) in [5.41, 5.74) is 2.98. The molecule has 1 unspecified atom stereocenters. The molecule has 0 aliphatic carbocycles. The van der Waals surface area contributed by atoms with Gasteiger partial charge in [0.2, 0.25) is 5.91 Å². The predicted molar refractivity (Wildman–Crippen MR) is 173 cm³/mol. The average Bonchev–Trinajstić information content (AvgIpc) is 3.55. The Hall–Kier alpha value is -3.33. The molecule has 0 radical (unpaired) electrons. The van der Waals surface area contributed by atoms with Crippen molar-refractivity contribution in [1.29, 1.82) is 0 Å². The summed E-state index contributed by atoms with van der Waals surface area (Å²) in [7, 11) is 0. The topological polar surface area (TPSA) is 116 Å². The highest BCUT2D eigenvalue weighted by Gasteiger charge is 2.42. The minimum absolute atomic E-state index is 0.0463. The van der Waals surface area contributed by atoms with E-state index in [-0.39, 0.29) is 35.7 Å². The number of hydrogen-bond acceptors (Lipinski definition) is 5. The summed E-state index contributed by atoms with van der Waals surface area (Å²) >= 11 is 1.91.